The molecule has 0 saturated heterocycles. The van der Waals surface area contributed by atoms with Gasteiger partial charge in [0.05, 0.1) is 5.52 Å². The summed E-state index contributed by atoms with van der Waals surface area (Å²) in [4.78, 5) is 4.59. The molecule has 0 aliphatic carbocycles. The number of halogens is 1. The molecule has 0 saturated carbocycles. The predicted octanol–water partition coefficient (Wildman–Crippen LogP) is 5.37. The molecule has 0 spiro atoms. The van der Waals surface area contributed by atoms with Crippen molar-refractivity contribution in [1.29, 1.82) is 0 Å². The molecule has 0 bridgehead atoms. The highest BCUT2D eigenvalue weighted by molar-refractivity contribution is 5.86. The van der Waals surface area contributed by atoms with Crippen LogP contribution in [0.4, 0.5) is 0 Å². The van der Waals surface area contributed by atoms with Gasteiger partial charge < -0.3 is 9.30 Å². The third-order valence-electron chi connectivity index (χ3n) is 4.47. The fraction of sp³-hybridized carbons (Fsp3) is 0.350. The van der Waals surface area contributed by atoms with E-state index in [1.165, 1.54) is 27.7 Å². The molecule has 4 heteroatoms. The van der Waals surface area contributed by atoms with Crippen LogP contribution < -0.4 is 4.74 Å². The molecule has 0 fully saturated rings. The topological polar surface area (TPSA) is 27.1 Å². The van der Waals surface area contributed by atoms with Crippen LogP contribution in [0.1, 0.15) is 35.9 Å². The van der Waals surface area contributed by atoms with Crippen LogP contribution >= 0.6 is 12.4 Å². The third kappa shape index (κ3) is 3.41. The number of pyridine rings is 1. The van der Waals surface area contributed by atoms with Crippen molar-refractivity contribution < 1.29 is 4.74 Å². The summed E-state index contributed by atoms with van der Waals surface area (Å²) in [7, 11) is 0. The first-order valence-electron chi connectivity index (χ1n) is 8.24. The lowest BCUT2D eigenvalue weighted by molar-refractivity contribution is 0.302. The number of nitrogens with zero attached hydrogens (tertiary/aromatic N) is 2. The van der Waals surface area contributed by atoms with Gasteiger partial charge in [-0.25, -0.2) is 0 Å². The fourth-order valence-electron chi connectivity index (χ4n) is 3.06. The fourth-order valence-corrected chi connectivity index (χ4v) is 3.06. The molecule has 0 amide bonds. The monoisotopic (exact) mass is 344 g/mol. The van der Waals surface area contributed by atoms with Crippen molar-refractivity contribution in [3.8, 4) is 5.75 Å². The van der Waals surface area contributed by atoms with Gasteiger partial charge in [0.15, 0.2) is 0 Å². The first-order chi connectivity index (χ1) is 11.1. The summed E-state index contributed by atoms with van der Waals surface area (Å²) in [5.41, 5.74) is 6.13. The van der Waals surface area contributed by atoms with E-state index in [1.807, 2.05) is 18.3 Å². The Morgan fingerprint density at radius 1 is 1.04 bits per heavy atom. The zero-order valence-electron chi connectivity index (χ0n) is 14.8. The highest BCUT2D eigenvalue weighted by Gasteiger charge is 2.15. The SMILES string of the molecule is CCCn1c(C)c(C)c2ccnc(COc3ccc(C)cc3)c21.Cl. The summed E-state index contributed by atoms with van der Waals surface area (Å²) >= 11 is 0. The van der Waals surface area contributed by atoms with Crippen molar-refractivity contribution in [3.63, 3.8) is 0 Å². The Labute approximate surface area is 150 Å². The van der Waals surface area contributed by atoms with Crippen molar-refractivity contribution in [3.05, 3.63) is 59.0 Å². The maximum atomic E-state index is 5.96. The van der Waals surface area contributed by atoms with E-state index in [4.69, 9.17) is 4.74 Å². The minimum atomic E-state index is 0. The van der Waals surface area contributed by atoms with Crippen LogP contribution in [-0.2, 0) is 13.2 Å². The summed E-state index contributed by atoms with van der Waals surface area (Å²) in [6, 6.07) is 10.3. The van der Waals surface area contributed by atoms with Crippen LogP contribution in [0.15, 0.2) is 36.5 Å². The Bertz CT molecular complexity index is 822. The van der Waals surface area contributed by atoms with Crippen molar-refractivity contribution in [2.75, 3.05) is 0 Å². The Hall–Kier alpha value is -2.00. The smallest absolute Gasteiger partial charge is 0.132 e. The number of hydrogen-bond acceptors (Lipinski definition) is 2. The van der Waals surface area contributed by atoms with E-state index in [1.54, 1.807) is 0 Å². The normalized spacial score (nSPS) is 10.7. The van der Waals surface area contributed by atoms with E-state index in [0.717, 1.165) is 24.4 Å². The zero-order valence-corrected chi connectivity index (χ0v) is 15.6. The first kappa shape index (κ1) is 18.3. The van der Waals surface area contributed by atoms with E-state index < -0.39 is 0 Å². The number of benzene rings is 1. The van der Waals surface area contributed by atoms with Gasteiger partial charge in [-0.2, -0.15) is 0 Å². The summed E-state index contributed by atoms with van der Waals surface area (Å²) in [5, 5.41) is 1.29. The number of fused-ring (bicyclic) bond motifs is 1. The molecule has 1 aromatic carbocycles. The molecule has 24 heavy (non-hydrogen) atoms. The highest BCUT2D eigenvalue weighted by Crippen LogP contribution is 2.28. The van der Waals surface area contributed by atoms with E-state index in [-0.39, 0.29) is 12.4 Å². The number of aryl methyl sites for hydroxylation is 3. The average molecular weight is 345 g/mol. The van der Waals surface area contributed by atoms with E-state index in [9.17, 15) is 0 Å². The molecule has 0 aliphatic heterocycles. The summed E-state index contributed by atoms with van der Waals surface area (Å²) in [6.07, 6.45) is 3.00. The molecule has 0 aliphatic rings. The second-order valence-corrected chi connectivity index (χ2v) is 6.12. The Balaban J connectivity index is 0.00000208. The van der Waals surface area contributed by atoms with Gasteiger partial charge in [0.25, 0.3) is 0 Å². The van der Waals surface area contributed by atoms with E-state index >= 15 is 0 Å². The van der Waals surface area contributed by atoms with Gasteiger partial charge in [-0.15, -0.1) is 12.4 Å². The van der Waals surface area contributed by atoms with Gasteiger partial charge in [0.1, 0.15) is 18.1 Å². The Morgan fingerprint density at radius 3 is 2.42 bits per heavy atom. The predicted molar refractivity (Wildman–Crippen MR) is 102 cm³/mol. The molecular weight excluding hydrogens is 320 g/mol. The molecule has 0 N–H and O–H groups in total. The van der Waals surface area contributed by atoms with Crippen LogP contribution in [0.3, 0.4) is 0 Å². The van der Waals surface area contributed by atoms with Gasteiger partial charge in [-0.3, -0.25) is 4.98 Å². The Kier molecular flexibility index (Phi) is 5.89. The lowest BCUT2D eigenvalue weighted by Crippen LogP contribution is -2.05. The average Bonchev–Trinajstić information content (AvgIpc) is 2.80. The van der Waals surface area contributed by atoms with Gasteiger partial charge in [0, 0.05) is 23.8 Å². The van der Waals surface area contributed by atoms with Gasteiger partial charge in [0.2, 0.25) is 0 Å². The summed E-state index contributed by atoms with van der Waals surface area (Å²) in [6.45, 7) is 10.2. The second-order valence-electron chi connectivity index (χ2n) is 6.12. The Morgan fingerprint density at radius 2 is 1.75 bits per heavy atom. The number of rotatable bonds is 5. The lowest BCUT2D eigenvalue weighted by atomic mass is 10.2. The number of aromatic nitrogens is 2. The molecule has 3 nitrogen and oxygen atoms in total. The van der Waals surface area contributed by atoms with E-state index in [0.29, 0.717) is 6.61 Å². The molecule has 2 aromatic heterocycles. The highest BCUT2D eigenvalue weighted by atomic mass is 35.5. The molecule has 3 aromatic rings. The molecular formula is C20H25ClN2O. The molecule has 0 atom stereocenters. The number of ether oxygens (including phenoxy) is 1. The summed E-state index contributed by atoms with van der Waals surface area (Å²) < 4.78 is 8.34. The van der Waals surface area contributed by atoms with Gasteiger partial charge in [-0.1, -0.05) is 24.6 Å². The van der Waals surface area contributed by atoms with Gasteiger partial charge in [-0.05, 0) is 51.0 Å². The molecule has 0 unspecified atom stereocenters. The molecule has 3 rings (SSSR count). The minimum Gasteiger partial charge on any atom is -0.487 e. The molecule has 128 valence electrons. The lowest BCUT2D eigenvalue weighted by Gasteiger charge is -2.11. The molecule has 0 radical (unpaired) electrons. The standard InChI is InChI=1S/C20H24N2O.ClH/c1-5-12-22-16(4)15(3)18-10-11-21-19(20(18)22)13-23-17-8-6-14(2)7-9-17;/h6-11H,5,12-13H2,1-4H3;1H. The van der Waals surface area contributed by atoms with Crippen molar-refractivity contribution in [2.45, 2.75) is 47.3 Å². The quantitative estimate of drug-likeness (QED) is 0.622. The zero-order chi connectivity index (χ0) is 16.4. The van der Waals surface area contributed by atoms with Gasteiger partial charge >= 0.3 is 0 Å². The van der Waals surface area contributed by atoms with Crippen LogP contribution in [0, 0.1) is 20.8 Å². The number of hydrogen-bond donors (Lipinski definition) is 0. The second kappa shape index (κ2) is 7.71. The molecule has 2 heterocycles. The van der Waals surface area contributed by atoms with Crippen molar-refractivity contribution in [2.24, 2.45) is 0 Å². The van der Waals surface area contributed by atoms with Crippen molar-refractivity contribution in [1.82, 2.24) is 9.55 Å². The maximum Gasteiger partial charge on any atom is 0.132 e. The largest absolute Gasteiger partial charge is 0.487 e. The van der Waals surface area contributed by atoms with Crippen LogP contribution in [-0.4, -0.2) is 9.55 Å². The van der Waals surface area contributed by atoms with E-state index in [2.05, 4.69) is 55.4 Å². The first-order valence-corrected chi connectivity index (χ1v) is 8.24. The summed E-state index contributed by atoms with van der Waals surface area (Å²) in [5.74, 6) is 0.886. The van der Waals surface area contributed by atoms with Crippen LogP contribution in [0.2, 0.25) is 0 Å². The maximum absolute atomic E-state index is 5.96. The van der Waals surface area contributed by atoms with Crippen LogP contribution in [0.25, 0.3) is 10.9 Å². The van der Waals surface area contributed by atoms with Crippen LogP contribution in [0.5, 0.6) is 5.75 Å². The third-order valence-corrected chi connectivity index (χ3v) is 4.47. The van der Waals surface area contributed by atoms with Crippen molar-refractivity contribution >= 4 is 23.3 Å². The minimum absolute atomic E-state index is 0.